The van der Waals surface area contributed by atoms with Crippen LogP contribution in [0.3, 0.4) is 0 Å². The number of rotatable bonds is 2. The number of hydrogen-bond acceptors (Lipinski definition) is 5. The van der Waals surface area contributed by atoms with Gasteiger partial charge >= 0.3 is 0 Å². The third-order valence-electron chi connectivity index (χ3n) is 3.40. The third kappa shape index (κ3) is 2.00. The van der Waals surface area contributed by atoms with Crippen molar-refractivity contribution in [1.29, 1.82) is 0 Å². The number of carbonyl (C=O) groups is 1. The molecule has 0 radical (unpaired) electrons. The molecule has 21 heavy (non-hydrogen) atoms. The summed E-state index contributed by atoms with van der Waals surface area (Å²) < 4.78 is 3.42. The highest BCUT2D eigenvalue weighted by molar-refractivity contribution is 6.04. The fraction of sp³-hybridized carbons (Fsp3) is 0.231. The molecule has 0 saturated carbocycles. The van der Waals surface area contributed by atoms with Gasteiger partial charge in [-0.15, -0.1) is 0 Å². The van der Waals surface area contributed by atoms with Gasteiger partial charge in [0.1, 0.15) is 11.5 Å². The van der Waals surface area contributed by atoms with Gasteiger partial charge in [0.05, 0.1) is 6.20 Å². The SMILES string of the molecule is O=C(Nc1cnn2c1NCCC2)c1cc2ncccn2n1. The summed E-state index contributed by atoms with van der Waals surface area (Å²) in [6.07, 6.45) is 6.10. The largest absolute Gasteiger partial charge is 0.368 e. The Labute approximate surface area is 119 Å². The summed E-state index contributed by atoms with van der Waals surface area (Å²) in [5, 5.41) is 14.5. The molecule has 8 nitrogen and oxygen atoms in total. The van der Waals surface area contributed by atoms with Crippen LogP contribution in [0.5, 0.6) is 0 Å². The van der Waals surface area contributed by atoms with Crippen LogP contribution in [0.4, 0.5) is 11.5 Å². The molecule has 4 heterocycles. The lowest BCUT2D eigenvalue weighted by molar-refractivity contribution is 0.102. The van der Waals surface area contributed by atoms with Gasteiger partial charge < -0.3 is 10.6 Å². The standard InChI is InChI=1S/C13H13N7O/c21-13(9-7-11-14-3-1-5-19(11)18-9)17-10-8-16-20-6-2-4-15-12(10)20/h1,3,5,7-8,15H,2,4,6H2,(H,17,21). The van der Waals surface area contributed by atoms with E-state index in [0.717, 1.165) is 25.3 Å². The van der Waals surface area contributed by atoms with Crippen molar-refractivity contribution < 1.29 is 4.79 Å². The molecule has 2 N–H and O–H groups in total. The summed E-state index contributed by atoms with van der Waals surface area (Å²) in [5.41, 5.74) is 1.63. The Kier molecular flexibility index (Phi) is 2.59. The zero-order valence-corrected chi connectivity index (χ0v) is 11.2. The molecule has 0 aliphatic carbocycles. The van der Waals surface area contributed by atoms with E-state index < -0.39 is 0 Å². The van der Waals surface area contributed by atoms with Crippen molar-refractivity contribution in [2.24, 2.45) is 0 Å². The monoisotopic (exact) mass is 283 g/mol. The van der Waals surface area contributed by atoms with Gasteiger partial charge in [0, 0.05) is 31.5 Å². The Hall–Kier alpha value is -2.90. The molecule has 106 valence electrons. The van der Waals surface area contributed by atoms with Gasteiger partial charge in [-0.1, -0.05) is 0 Å². The molecule has 0 fully saturated rings. The average molecular weight is 283 g/mol. The first-order chi connectivity index (χ1) is 10.3. The number of nitrogens with zero attached hydrogens (tertiary/aromatic N) is 5. The van der Waals surface area contributed by atoms with Crippen molar-refractivity contribution in [1.82, 2.24) is 24.4 Å². The quantitative estimate of drug-likeness (QED) is 0.732. The lowest BCUT2D eigenvalue weighted by Crippen LogP contribution is -2.19. The van der Waals surface area contributed by atoms with Crippen LogP contribution < -0.4 is 10.6 Å². The van der Waals surface area contributed by atoms with Crippen LogP contribution >= 0.6 is 0 Å². The van der Waals surface area contributed by atoms with Crippen molar-refractivity contribution in [2.75, 3.05) is 17.2 Å². The normalized spacial score (nSPS) is 13.7. The van der Waals surface area contributed by atoms with Gasteiger partial charge in [0.15, 0.2) is 11.3 Å². The fourth-order valence-corrected chi connectivity index (χ4v) is 2.40. The molecule has 8 heteroatoms. The van der Waals surface area contributed by atoms with E-state index in [1.165, 1.54) is 0 Å². The smallest absolute Gasteiger partial charge is 0.276 e. The van der Waals surface area contributed by atoms with Crippen molar-refractivity contribution >= 4 is 23.1 Å². The van der Waals surface area contributed by atoms with E-state index in [9.17, 15) is 4.79 Å². The van der Waals surface area contributed by atoms with Crippen molar-refractivity contribution in [3.05, 3.63) is 36.4 Å². The zero-order valence-electron chi connectivity index (χ0n) is 11.2. The van der Waals surface area contributed by atoms with Crippen LogP contribution in [0.15, 0.2) is 30.7 Å². The summed E-state index contributed by atoms with van der Waals surface area (Å²) in [4.78, 5) is 16.4. The number of anilines is 2. The maximum Gasteiger partial charge on any atom is 0.276 e. The number of amides is 1. The summed E-state index contributed by atoms with van der Waals surface area (Å²) in [6, 6.07) is 3.42. The van der Waals surface area contributed by atoms with Crippen molar-refractivity contribution in [3.63, 3.8) is 0 Å². The Morgan fingerprint density at radius 2 is 2.38 bits per heavy atom. The summed E-state index contributed by atoms with van der Waals surface area (Å²) in [7, 11) is 0. The van der Waals surface area contributed by atoms with E-state index in [4.69, 9.17) is 0 Å². The maximum absolute atomic E-state index is 12.3. The highest BCUT2D eigenvalue weighted by atomic mass is 16.2. The minimum Gasteiger partial charge on any atom is -0.368 e. The summed E-state index contributed by atoms with van der Waals surface area (Å²) in [6.45, 7) is 1.74. The molecule has 0 atom stereocenters. The van der Waals surface area contributed by atoms with E-state index in [1.54, 1.807) is 35.2 Å². The van der Waals surface area contributed by atoms with Crippen molar-refractivity contribution in [3.8, 4) is 0 Å². The molecular weight excluding hydrogens is 270 g/mol. The molecule has 1 aliphatic rings. The molecule has 1 aliphatic heterocycles. The minimum atomic E-state index is -0.274. The lowest BCUT2D eigenvalue weighted by Gasteiger charge is -2.16. The topological polar surface area (TPSA) is 89.1 Å². The van der Waals surface area contributed by atoms with Crippen LogP contribution in [0, 0.1) is 0 Å². The van der Waals surface area contributed by atoms with Crippen LogP contribution in [0.25, 0.3) is 5.65 Å². The average Bonchev–Trinajstić information content (AvgIpc) is 3.11. The van der Waals surface area contributed by atoms with Gasteiger partial charge in [0.25, 0.3) is 5.91 Å². The van der Waals surface area contributed by atoms with Crippen LogP contribution in [0.1, 0.15) is 16.9 Å². The van der Waals surface area contributed by atoms with E-state index in [0.29, 0.717) is 17.0 Å². The maximum atomic E-state index is 12.3. The second-order valence-corrected chi connectivity index (χ2v) is 4.82. The van der Waals surface area contributed by atoms with Crippen LogP contribution in [-0.2, 0) is 6.54 Å². The first-order valence-electron chi connectivity index (χ1n) is 6.73. The van der Waals surface area contributed by atoms with E-state index in [-0.39, 0.29) is 5.91 Å². The predicted octanol–water partition coefficient (Wildman–Crippen LogP) is 0.994. The van der Waals surface area contributed by atoms with Gasteiger partial charge in [-0.2, -0.15) is 10.2 Å². The molecular formula is C13H13N7O. The first-order valence-corrected chi connectivity index (χ1v) is 6.73. The van der Waals surface area contributed by atoms with Crippen molar-refractivity contribution in [2.45, 2.75) is 13.0 Å². The molecule has 0 spiro atoms. The Morgan fingerprint density at radius 1 is 1.43 bits per heavy atom. The highest BCUT2D eigenvalue weighted by Crippen LogP contribution is 2.24. The summed E-state index contributed by atoms with van der Waals surface area (Å²) in [5.74, 6) is 0.570. The third-order valence-corrected chi connectivity index (χ3v) is 3.40. The number of aromatic nitrogens is 5. The lowest BCUT2D eigenvalue weighted by atomic mass is 10.3. The second-order valence-electron chi connectivity index (χ2n) is 4.82. The number of hydrogen-bond donors (Lipinski definition) is 2. The predicted molar refractivity (Wildman–Crippen MR) is 76.3 cm³/mol. The van der Waals surface area contributed by atoms with Gasteiger partial charge in [-0.05, 0) is 12.5 Å². The number of carbonyl (C=O) groups excluding carboxylic acids is 1. The molecule has 3 aromatic rings. The molecule has 0 saturated heterocycles. The molecule has 1 amide bonds. The van der Waals surface area contributed by atoms with Gasteiger partial charge in [-0.25, -0.2) is 14.2 Å². The number of nitrogens with one attached hydrogen (secondary N) is 2. The Bertz CT molecular complexity index is 786. The summed E-state index contributed by atoms with van der Waals surface area (Å²) >= 11 is 0. The molecule has 3 aromatic heterocycles. The van der Waals surface area contributed by atoms with Gasteiger partial charge in [0.2, 0.25) is 0 Å². The zero-order chi connectivity index (χ0) is 14.2. The molecule has 0 unspecified atom stereocenters. The van der Waals surface area contributed by atoms with Crippen LogP contribution in [-0.4, -0.2) is 36.8 Å². The minimum absolute atomic E-state index is 0.274. The Morgan fingerprint density at radius 3 is 3.29 bits per heavy atom. The highest BCUT2D eigenvalue weighted by Gasteiger charge is 2.18. The van der Waals surface area contributed by atoms with Gasteiger partial charge in [-0.3, -0.25) is 4.79 Å². The number of aryl methyl sites for hydroxylation is 1. The van der Waals surface area contributed by atoms with E-state index in [2.05, 4.69) is 25.8 Å². The van der Waals surface area contributed by atoms with E-state index in [1.807, 2.05) is 4.68 Å². The number of fused-ring (bicyclic) bond motifs is 2. The fourth-order valence-electron chi connectivity index (χ4n) is 2.40. The van der Waals surface area contributed by atoms with Crippen LogP contribution in [0.2, 0.25) is 0 Å². The Balaban J connectivity index is 1.62. The molecule has 0 aromatic carbocycles. The first kappa shape index (κ1) is 11.9. The molecule has 4 rings (SSSR count). The molecule has 0 bridgehead atoms. The van der Waals surface area contributed by atoms with E-state index >= 15 is 0 Å². The second kappa shape index (κ2) is 4.58.